The van der Waals surface area contributed by atoms with E-state index in [1.54, 1.807) is 0 Å². The highest BCUT2D eigenvalue weighted by Crippen LogP contribution is 2.14. The average molecular weight is 345 g/mol. The van der Waals surface area contributed by atoms with E-state index in [4.69, 9.17) is 0 Å². The Labute approximate surface area is 78.5 Å². The molecule has 0 N–H and O–H groups in total. The maximum absolute atomic E-state index is 4.09. The lowest BCUT2D eigenvalue weighted by Crippen LogP contribution is -1.63. The molecule has 0 aliphatic rings. The molecule has 1 nitrogen and oxygen atoms in total. The molecule has 0 heterocycles. The molecule has 1 aromatic carbocycles. The predicted molar refractivity (Wildman–Crippen MR) is 55.6 cm³/mol. The minimum absolute atomic E-state index is 0.0584. The number of halogens is 2. The second-order valence-corrected chi connectivity index (χ2v) is 5.98. The number of rotatable bonds is 1. The monoisotopic (exact) mass is 345 g/mol. The van der Waals surface area contributed by atoms with E-state index >= 15 is 0 Å². The maximum atomic E-state index is 4.09. The molecule has 0 saturated carbocycles. The van der Waals surface area contributed by atoms with Crippen LogP contribution in [0.15, 0.2) is 31.7 Å². The van der Waals surface area contributed by atoms with Gasteiger partial charge in [0.05, 0.1) is 22.9 Å². The van der Waals surface area contributed by atoms with Gasteiger partial charge in [-0.05, 0) is 12.1 Å². The lowest BCUT2D eigenvalue weighted by molar-refractivity contribution is 1.65. The molecule has 9 heavy (non-hydrogen) atoms. The summed E-state index contributed by atoms with van der Waals surface area (Å²) < 4.78 is 5.47. The standard InChI is InChI=1S/C6H5I2N/c7-9-8-6-4-2-1-3-5-6/h1-5H. The molecule has 0 saturated heterocycles. The fourth-order valence-electron chi connectivity index (χ4n) is 0.508. The van der Waals surface area contributed by atoms with E-state index in [-0.39, 0.29) is 21.0 Å². The van der Waals surface area contributed by atoms with Gasteiger partial charge in [-0.2, -0.15) is 1.36 Å². The van der Waals surface area contributed by atoms with Crippen molar-refractivity contribution in [2.24, 2.45) is 1.36 Å². The molecule has 0 bridgehead atoms. The van der Waals surface area contributed by atoms with Gasteiger partial charge in [-0.15, -0.1) is 0 Å². The summed E-state index contributed by atoms with van der Waals surface area (Å²) in [4.78, 5) is 0. The van der Waals surface area contributed by atoms with Gasteiger partial charge in [-0.3, -0.25) is 0 Å². The quantitative estimate of drug-likeness (QED) is 0.693. The Morgan fingerprint density at radius 1 is 1.22 bits per heavy atom. The minimum Gasteiger partial charge on any atom is -0.189 e. The van der Waals surface area contributed by atoms with Gasteiger partial charge in [0.2, 0.25) is 0 Å². The molecule has 48 valence electrons. The summed E-state index contributed by atoms with van der Waals surface area (Å²) in [5.74, 6) is 0. The fourth-order valence-corrected chi connectivity index (χ4v) is 2.87. The Hall–Kier alpha value is 0.480. The molecule has 0 amide bonds. The van der Waals surface area contributed by atoms with Crippen LogP contribution in [0, 0.1) is 3.57 Å². The van der Waals surface area contributed by atoms with E-state index in [2.05, 4.69) is 48.5 Å². The summed E-state index contributed by atoms with van der Waals surface area (Å²) >= 11 is 2.01. The largest absolute Gasteiger partial charge is 0.189 e. The van der Waals surface area contributed by atoms with Crippen molar-refractivity contribution >= 4 is 43.9 Å². The average Bonchev–Trinajstić information content (AvgIpc) is 1.91. The van der Waals surface area contributed by atoms with Crippen LogP contribution in [-0.4, -0.2) is 0 Å². The molecule has 0 fully saturated rings. The third-order valence-corrected chi connectivity index (χ3v) is 3.54. The van der Waals surface area contributed by atoms with Crippen LogP contribution in [0.2, 0.25) is 0 Å². The molecule has 0 aromatic heterocycles. The number of hydrogen-bond acceptors (Lipinski definition) is 1. The summed E-state index contributed by atoms with van der Waals surface area (Å²) in [5, 5.41) is 0. The summed E-state index contributed by atoms with van der Waals surface area (Å²) in [5.41, 5.74) is 0. The Morgan fingerprint density at radius 2 is 1.89 bits per heavy atom. The number of benzene rings is 1. The number of hydrogen-bond donors (Lipinski definition) is 0. The van der Waals surface area contributed by atoms with Crippen LogP contribution in [0.1, 0.15) is 0 Å². The van der Waals surface area contributed by atoms with Crippen LogP contribution in [-0.2, 0) is 0 Å². The summed E-state index contributed by atoms with van der Waals surface area (Å²) in [6, 6.07) is 10.4. The van der Waals surface area contributed by atoms with Crippen molar-refractivity contribution in [3.05, 3.63) is 33.9 Å². The topological polar surface area (TPSA) is 12.4 Å². The van der Waals surface area contributed by atoms with Crippen molar-refractivity contribution in [1.82, 2.24) is 0 Å². The zero-order valence-corrected chi connectivity index (χ0v) is 8.90. The van der Waals surface area contributed by atoms with Crippen LogP contribution in [0.25, 0.3) is 0 Å². The molecule has 0 aliphatic heterocycles. The molecule has 0 radical (unpaired) electrons. The molecule has 0 spiro atoms. The van der Waals surface area contributed by atoms with Crippen molar-refractivity contribution in [3.63, 3.8) is 0 Å². The third-order valence-electron chi connectivity index (χ3n) is 0.863. The van der Waals surface area contributed by atoms with Crippen molar-refractivity contribution in [3.8, 4) is 0 Å². The van der Waals surface area contributed by atoms with E-state index in [9.17, 15) is 0 Å². The molecule has 1 aromatic rings. The van der Waals surface area contributed by atoms with Crippen LogP contribution < -0.4 is 0 Å². The molecule has 1 rings (SSSR count). The van der Waals surface area contributed by atoms with E-state index in [1.165, 1.54) is 3.57 Å². The van der Waals surface area contributed by atoms with Gasteiger partial charge in [0.15, 0.2) is 0 Å². The van der Waals surface area contributed by atoms with Crippen molar-refractivity contribution in [1.29, 1.82) is 0 Å². The molecule has 0 aliphatic carbocycles. The lowest BCUT2D eigenvalue weighted by atomic mass is 10.4. The predicted octanol–water partition coefficient (Wildman–Crippen LogP) is 3.36. The first-order valence-electron chi connectivity index (χ1n) is 2.44. The van der Waals surface area contributed by atoms with Gasteiger partial charge >= 0.3 is 0 Å². The van der Waals surface area contributed by atoms with Gasteiger partial charge < -0.3 is 0 Å². The van der Waals surface area contributed by atoms with Gasteiger partial charge in [0, 0.05) is 24.6 Å². The molecular weight excluding hydrogens is 340 g/mol. The normalized spacial score (nSPS) is 11.2. The Morgan fingerprint density at radius 3 is 2.44 bits per heavy atom. The van der Waals surface area contributed by atoms with Crippen LogP contribution >= 0.6 is 43.9 Å². The first-order chi connectivity index (χ1) is 4.43. The van der Waals surface area contributed by atoms with Crippen LogP contribution in [0.4, 0.5) is 0 Å². The van der Waals surface area contributed by atoms with Gasteiger partial charge in [0.1, 0.15) is 0 Å². The fraction of sp³-hybridized carbons (Fsp3) is 0. The highest BCUT2D eigenvalue weighted by molar-refractivity contribution is 14.2. The van der Waals surface area contributed by atoms with Crippen LogP contribution in [0.3, 0.4) is 0 Å². The van der Waals surface area contributed by atoms with Crippen LogP contribution in [0.5, 0.6) is 0 Å². The maximum Gasteiger partial charge on any atom is 0.0904 e. The van der Waals surface area contributed by atoms with E-state index in [1.807, 2.05) is 6.07 Å². The Bertz CT molecular complexity index is 195. The van der Waals surface area contributed by atoms with E-state index < -0.39 is 0 Å². The first kappa shape index (κ1) is 7.59. The Balaban J connectivity index is 2.85. The first-order valence-corrected chi connectivity index (χ1v) is 5.45. The van der Waals surface area contributed by atoms with Gasteiger partial charge in [-0.1, -0.05) is 18.2 Å². The highest BCUT2D eigenvalue weighted by Gasteiger charge is 1.80. The SMILES string of the molecule is IN=Ic1ccccc1. The highest BCUT2D eigenvalue weighted by atomic mass is 127. The second kappa shape index (κ2) is 4.32. The van der Waals surface area contributed by atoms with E-state index in [0.717, 1.165) is 0 Å². The zero-order valence-electron chi connectivity index (χ0n) is 4.59. The Kier molecular flexibility index (Phi) is 3.64. The second-order valence-electron chi connectivity index (χ2n) is 1.44. The number of nitrogens with zero attached hydrogens (tertiary/aromatic N) is 1. The van der Waals surface area contributed by atoms with Crippen molar-refractivity contribution in [2.75, 3.05) is 0 Å². The smallest absolute Gasteiger partial charge is 0.0904 e. The molecule has 3 heteroatoms. The summed E-state index contributed by atoms with van der Waals surface area (Å²) in [6.07, 6.45) is 0. The molecule has 0 unspecified atom stereocenters. The molecular formula is C6H5I2N. The van der Waals surface area contributed by atoms with Gasteiger partial charge in [0.25, 0.3) is 0 Å². The van der Waals surface area contributed by atoms with Gasteiger partial charge in [-0.25, -0.2) is 0 Å². The zero-order chi connectivity index (χ0) is 6.53. The minimum atomic E-state index is -0.0584. The summed E-state index contributed by atoms with van der Waals surface area (Å²) in [6.45, 7) is 0. The lowest BCUT2D eigenvalue weighted by Gasteiger charge is -1.84. The van der Waals surface area contributed by atoms with Crippen molar-refractivity contribution in [2.45, 2.75) is 0 Å². The van der Waals surface area contributed by atoms with E-state index in [0.29, 0.717) is 0 Å². The molecule has 0 atom stereocenters. The summed E-state index contributed by atoms with van der Waals surface area (Å²) in [7, 11) is 0. The third kappa shape index (κ3) is 2.70. The van der Waals surface area contributed by atoms with Crippen molar-refractivity contribution < 1.29 is 0 Å².